The van der Waals surface area contributed by atoms with Crippen LogP contribution in [0.3, 0.4) is 0 Å². The van der Waals surface area contributed by atoms with Crippen molar-refractivity contribution < 1.29 is 19.4 Å². The van der Waals surface area contributed by atoms with Crippen LogP contribution in [0.25, 0.3) is 0 Å². The van der Waals surface area contributed by atoms with Crippen LogP contribution in [-0.2, 0) is 0 Å². The van der Waals surface area contributed by atoms with Crippen LogP contribution in [0.15, 0.2) is 42.6 Å². The predicted molar refractivity (Wildman–Crippen MR) is 85.9 cm³/mol. The second-order valence-corrected chi connectivity index (χ2v) is 5.97. The van der Waals surface area contributed by atoms with Crippen LogP contribution in [0.4, 0.5) is 4.39 Å². The molecule has 0 bridgehead atoms. The van der Waals surface area contributed by atoms with Gasteiger partial charge in [0.2, 0.25) is 0 Å². The van der Waals surface area contributed by atoms with E-state index in [-0.39, 0.29) is 29.2 Å². The maximum atomic E-state index is 13.0. The Morgan fingerprint density at radius 1 is 1.33 bits per heavy atom. The minimum atomic E-state index is -0.777. The Labute approximate surface area is 139 Å². The molecule has 0 radical (unpaired) electrons. The molecule has 1 aromatic carbocycles. The third-order valence-electron chi connectivity index (χ3n) is 4.38. The first kappa shape index (κ1) is 16.4. The highest BCUT2D eigenvalue weighted by molar-refractivity contribution is 5.95. The third-order valence-corrected chi connectivity index (χ3v) is 4.38. The van der Waals surface area contributed by atoms with Crippen LogP contribution in [-0.4, -0.2) is 38.6 Å². The summed E-state index contributed by atoms with van der Waals surface area (Å²) >= 11 is 0. The summed E-state index contributed by atoms with van der Waals surface area (Å²) < 4.78 is 13.0. The first-order valence-corrected chi connectivity index (χ1v) is 7.94. The van der Waals surface area contributed by atoms with Crippen molar-refractivity contribution in [1.82, 2.24) is 9.88 Å². The molecule has 0 unspecified atom stereocenters. The highest BCUT2D eigenvalue weighted by Gasteiger charge is 2.32. The minimum Gasteiger partial charge on any atom is -0.505 e. The molecule has 1 aliphatic heterocycles. The molecule has 2 N–H and O–H groups in total. The second kappa shape index (κ2) is 6.97. The highest BCUT2D eigenvalue weighted by Crippen LogP contribution is 2.29. The molecule has 2 heterocycles. The molecule has 0 aliphatic carbocycles. The van der Waals surface area contributed by atoms with Gasteiger partial charge in [-0.2, -0.15) is 0 Å². The predicted octanol–water partition coefficient (Wildman–Crippen LogP) is 2.65. The van der Waals surface area contributed by atoms with Crippen LogP contribution in [0, 0.1) is 5.82 Å². The maximum absolute atomic E-state index is 13.0. The van der Waals surface area contributed by atoms with Gasteiger partial charge < -0.3 is 15.1 Å². The summed E-state index contributed by atoms with van der Waals surface area (Å²) in [4.78, 5) is 18.2. The van der Waals surface area contributed by atoms with E-state index in [9.17, 15) is 19.4 Å². The van der Waals surface area contributed by atoms with Crippen molar-refractivity contribution in [1.29, 1.82) is 0 Å². The molecule has 1 fully saturated rings. The molecule has 126 valence electrons. The molecule has 24 heavy (non-hydrogen) atoms. The van der Waals surface area contributed by atoms with E-state index in [1.54, 1.807) is 23.1 Å². The quantitative estimate of drug-likeness (QED) is 0.904. The van der Waals surface area contributed by atoms with Crippen LogP contribution in [0.5, 0.6) is 5.75 Å². The van der Waals surface area contributed by atoms with Gasteiger partial charge in [-0.25, -0.2) is 9.37 Å². The number of carbonyl (C=O) groups is 1. The molecule has 2 aromatic rings. The van der Waals surface area contributed by atoms with Gasteiger partial charge in [0.05, 0.1) is 6.10 Å². The van der Waals surface area contributed by atoms with Crippen molar-refractivity contribution in [3.63, 3.8) is 0 Å². The van der Waals surface area contributed by atoms with E-state index in [2.05, 4.69) is 4.98 Å². The van der Waals surface area contributed by atoms with E-state index in [1.165, 1.54) is 24.4 Å². The standard InChI is InChI=1S/C18H19FN2O3/c19-13-7-5-12(6-8-13)16(23)11-14-3-2-10-21(14)18(24)17-15(22)4-1-9-20-17/h1,4-9,14,16,22-23H,2-3,10-11H2/t14-,16-/m0/s1. The number of pyridine rings is 1. The summed E-state index contributed by atoms with van der Waals surface area (Å²) in [6.45, 7) is 0.565. The molecular weight excluding hydrogens is 311 g/mol. The number of aromatic hydroxyl groups is 1. The molecule has 6 heteroatoms. The number of hydrogen-bond donors (Lipinski definition) is 2. The van der Waals surface area contributed by atoms with Gasteiger partial charge in [0.15, 0.2) is 5.69 Å². The SMILES string of the molecule is O=C(c1ncccc1O)N1CCC[C@H]1C[C@H](O)c1ccc(F)cc1. The van der Waals surface area contributed by atoms with E-state index in [4.69, 9.17) is 0 Å². The molecule has 0 saturated carbocycles. The number of rotatable bonds is 4. The summed E-state index contributed by atoms with van der Waals surface area (Å²) in [6.07, 6.45) is 2.66. The number of likely N-dealkylation sites (tertiary alicyclic amines) is 1. The molecule has 1 aliphatic rings. The average Bonchev–Trinajstić information content (AvgIpc) is 3.03. The normalized spacial score (nSPS) is 18.6. The van der Waals surface area contributed by atoms with E-state index in [0.717, 1.165) is 12.8 Å². The van der Waals surface area contributed by atoms with Crippen LogP contribution < -0.4 is 0 Å². The average molecular weight is 330 g/mol. The molecule has 2 atom stereocenters. The fourth-order valence-corrected chi connectivity index (χ4v) is 3.12. The number of nitrogens with zero attached hydrogens (tertiary/aromatic N) is 2. The van der Waals surface area contributed by atoms with Crippen molar-refractivity contribution in [2.45, 2.75) is 31.4 Å². The summed E-state index contributed by atoms with van der Waals surface area (Å²) in [5, 5.41) is 20.2. The lowest BCUT2D eigenvalue weighted by molar-refractivity contribution is 0.0658. The van der Waals surface area contributed by atoms with Gasteiger partial charge in [-0.3, -0.25) is 4.79 Å². The van der Waals surface area contributed by atoms with Crippen molar-refractivity contribution >= 4 is 5.91 Å². The zero-order valence-corrected chi connectivity index (χ0v) is 13.1. The molecule has 5 nitrogen and oxygen atoms in total. The molecular formula is C18H19FN2O3. The zero-order valence-electron chi connectivity index (χ0n) is 13.1. The van der Waals surface area contributed by atoms with Crippen LogP contribution in [0.1, 0.15) is 41.4 Å². The molecule has 1 aromatic heterocycles. The van der Waals surface area contributed by atoms with Gasteiger partial charge in [0.1, 0.15) is 11.6 Å². The topological polar surface area (TPSA) is 73.7 Å². The summed E-state index contributed by atoms with van der Waals surface area (Å²) in [7, 11) is 0. The molecule has 3 rings (SSSR count). The number of carbonyl (C=O) groups excluding carboxylic acids is 1. The smallest absolute Gasteiger partial charge is 0.276 e. The number of aliphatic hydroxyl groups excluding tert-OH is 1. The fraction of sp³-hybridized carbons (Fsp3) is 0.333. The number of halogens is 1. The van der Waals surface area contributed by atoms with Gasteiger partial charge in [0, 0.05) is 18.8 Å². The lowest BCUT2D eigenvalue weighted by Crippen LogP contribution is -2.37. The van der Waals surface area contributed by atoms with Crippen molar-refractivity contribution in [3.8, 4) is 5.75 Å². The maximum Gasteiger partial charge on any atom is 0.276 e. The zero-order chi connectivity index (χ0) is 17.1. The highest BCUT2D eigenvalue weighted by atomic mass is 19.1. The minimum absolute atomic E-state index is 0.0284. The Balaban J connectivity index is 1.72. The summed E-state index contributed by atoms with van der Waals surface area (Å²) in [5.41, 5.74) is 0.650. The number of amides is 1. The Bertz CT molecular complexity index is 720. The Morgan fingerprint density at radius 3 is 2.79 bits per heavy atom. The third kappa shape index (κ3) is 3.38. The van der Waals surface area contributed by atoms with Crippen molar-refractivity contribution in [2.24, 2.45) is 0 Å². The fourth-order valence-electron chi connectivity index (χ4n) is 3.12. The van der Waals surface area contributed by atoms with E-state index in [1.807, 2.05) is 0 Å². The van der Waals surface area contributed by atoms with E-state index >= 15 is 0 Å². The Morgan fingerprint density at radius 2 is 2.08 bits per heavy atom. The van der Waals surface area contributed by atoms with E-state index < -0.39 is 6.10 Å². The number of aromatic nitrogens is 1. The number of benzene rings is 1. The summed E-state index contributed by atoms with van der Waals surface area (Å²) in [5.74, 6) is -0.830. The van der Waals surface area contributed by atoms with Crippen LogP contribution >= 0.6 is 0 Å². The monoisotopic (exact) mass is 330 g/mol. The lowest BCUT2D eigenvalue weighted by atomic mass is 10.0. The number of hydrogen-bond acceptors (Lipinski definition) is 4. The Kier molecular flexibility index (Phi) is 4.76. The lowest BCUT2D eigenvalue weighted by Gasteiger charge is -2.26. The van der Waals surface area contributed by atoms with Crippen molar-refractivity contribution in [2.75, 3.05) is 6.54 Å². The van der Waals surface area contributed by atoms with E-state index in [0.29, 0.717) is 18.5 Å². The van der Waals surface area contributed by atoms with Gasteiger partial charge in [-0.15, -0.1) is 0 Å². The number of aliphatic hydroxyl groups is 1. The summed E-state index contributed by atoms with van der Waals surface area (Å²) in [6, 6.07) is 8.56. The Hall–Kier alpha value is -2.47. The van der Waals surface area contributed by atoms with Crippen molar-refractivity contribution in [3.05, 3.63) is 59.7 Å². The first-order valence-electron chi connectivity index (χ1n) is 7.94. The van der Waals surface area contributed by atoms with Gasteiger partial charge in [-0.1, -0.05) is 12.1 Å². The van der Waals surface area contributed by atoms with Gasteiger partial charge in [-0.05, 0) is 49.1 Å². The van der Waals surface area contributed by atoms with Crippen LogP contribution in [0.2, 0.25) is 0 Å². The van der Waals surface area contributed by atoms with Gasteiger partial charge in [0.25, 0.3) is 5.91 Å². The first-order chi connectivity index (χ1) is 11.6. The largest absolute Gasteiger partial charge is 0.505 e. The molecule has 1 saturated heterocycles. The second-order valence-electron chi connectivity index (χ2n) is 5.97. The van der Waals surface area contributed by atoms with Gasteiger partial charge >= 0.3 is 0 Å². The molecule has 0 spiro atoms. The molecule has 1 amide bonds.